The number of allylic oxidation sites excluding steroid dienone is 1. The third-order valence-corrected chi connectivity index (χ3v) is 2.85. The van der Waals surface area contributed by atoms with Crippen molar-refractivity contribution in [3.63, 3.8) is 0 Å². The van der Waals surface area contributed by atoms with Crippen LogP contribution in [0, 0.1) is 17.8 Å². The molecule has 0 saturated heterocycles. The van der Waals surface area contributed by atoms with Gasteiger partial charge >= 0.3 is 0 Å². The summed E-state index contributed by atoms with van der Waals surface area (Å²) in [7, 11) is 0. The van der Waals surface area contributed by atoms with Crippen molar-refractivity contribution in [2.24, 2.45) is 29.2 Å². The molecule has 60 valence electrons. The van der Waals surface area contributed by atoms with E-state index in [2.05, 4.69) is 12.2 Å². The molecule has 3 heteroatoms. The normalized spacial score (nSPS) is 46.6. The highest BCUT2D eigenvalue weighted by Crippen LogP contribution is 2.42. The summed E-state index contributed by atoms with van der Waals surface area (Å²) in [4.78, 5) is 10.9. The molecule has 4 N–H and O–H groups in total. The molecular weight excluding hydrogens is 140 g/mol. The number of amides is 1. The predicted octanol–water partition coefficient (Wildman–Crippen LogP) is -0.379. The van der Waals surface area contributed by atoms with Gasteiger partial charge in [0, 0.05) is 6.04 Å². The molecule has 0 unspecified atom stereocenters. The van der Waals surface area contributed by atoms with Gasteiger partial charge in [-0.15, -0.1) is 0 Å². The van der Waals surface area contributed by atoms with Crippen LogP contribution in [0.5, 0.6) is 0 Å². The Bertz CT molecular complexity index is 224. The Morgan fingerprint density at radius 2 is 2.00 bits per heavy atom. The fraction of sp³-hybridized carbons (Fsp3) is 0.625. The lowest BCUT2D eigenvalue weighted by Crippen LogP contribution is -2.41. The van der Waals surface area contributed by atoms with E-state index in [1.54, 1.807) is 0 Å². The summed E-state index contributed by atoms with van der Waals surface area (Å²) >= 11 is 0. The van der Waals surface area contributed by atoms with E-state index in [1.807, 2.05) is 0 Å². The number of fused-ring (bicyclic) bond motifs is 2. The number of hydrogen-bond acceptors (Lipinski definition) is 2. The van der Waals surface area contributed by atoms with Crippen LogP contribution in [0.3, 0.4) is 0 Å². The van der Waals surface area contributed by atoms with Crippen LogP contribution in [-0.4, -0.2) is 11.9 Å². The first-order valence-electron chi connectivity index (χ1n) is 3.93. The van der Waals surface area contributed by atoms with Crippen molar-refractivity contribution in [1.29, 1.82) is 0 Å². The highest BCUT2D eigenvalue weighted by molar-refractivity contribution is 5.79. The zero-order chi connectivity index (χ0) is 8.01. The zero-order valence-electron chi connectivity index (χ0n) is 6.23. The molecule has 1 amide bonds. The molecule has 0 spiro atoms. The third-order valence-electron chi connectivity index (χ3n) is 2.85. The van der Waals surface area contributed by atoms with E-state index in [4.69, 9.17) is 11.5 Å². The summed E-state index contributed by atoms with van der Waals surface area (Å²) in [6, 6.07) is -0.0255. The second-order valence-electron chi connectivity index (χ2n) is 3.45. The predicted molar refractivity (Wildman–Crippen MR) is 41.4 cm³/mol. The molecule has 1 saturated carbocycles. The Labute approximate surface area is 65.4 Å². The highest BCUT2D eigenvalue weighted by Gasteiger charge is 2.45. The first-order chi connectivity index (χ1) is 5.20. The summed E-state index contributed by atoms with van der Waals surface area (Å²) < 4.78 is 0. The van der Waals surface area contributed by atoms with Crippen LogP contribution in [0.2, 0.25) is 0 Å². The van der Waals surface area contributed by atoms with Gasteiger partial charge in [0.05, 0.1) is 5.92 Å². The van der Waals surface area contributed by atoms with E-state index >= 15 is 0 Å². The van der Waals surface area contributed by atoms with Crippen LogP contribution in [0.4, 0.5) is 0 Å². The van der Waals surface area contributed by atoms with Gasteiger partial charge in [-0.05, 0) is 18.3 Å². The summed E-state index contributed by atoms with van der Waals surface area (Å²) in [6.45, 7) is 0. The summed E-state index contributed by atoms with van der Waals surface area (Å²) in [5, 5.41) is 0. The standard InChI is InChI=1S/C8H12N2O/c9-7-5-2-1-4(3-5)6(7)8(10)11/h1-2,4-7H,3,9H2,(H2,10,11)/t4-,5+,6+,7-/m1/s1. The molecule has 0 aromatic rings. The average Bonchev–Trinajstić information content (AvgIpc) is 2.44. The van der Waals surface area contributed by atoms with E-state index in [0.717, 1.165) is 6.42 Å². The molecule has 0 heterocycles. The van der Waals surface area contributed by atoms with E-state index in [1.165, 1.54) is 0 Å². The Hall–Kier alpha value is -0.830. The molecule has 3 nitrogen and oxygen atoms in total. The van der Waals surface area contributed by atoms with Gasteiger partial charge in [0.1, 0.15) is 0 Å². The zero-order valence-corrected chi connectivity index (χ0v) is 6.23. The third kappa shape index (κ3) is 0.807. The highest BCUT2D eigenvalue weighted by atomic mass is 16.1. The molecule has 2 bridgehead atoms. The number of carbonyl (C=O) groups excluding carboxylic acids is 1. The van der Waals surface area contributed by atoms with Gasteiger partial charge < -0.3 is 11.5 Å². The minimum Gasteiger partial charge on any atom is -0.369 e. The second-order valence-corrected chi connectivity index (χ2v) is 3.45. The van der Waals surface area contributed by atoms with E-state index in [0.29, 0.717) is 11.8 Å². The Balaban J connectivity index is 2.25. The number of nitrogens with two attached hydrogens (primary N) is 2. The maximum Gasteiger partial charge on any atom is 0.222 e. The minimum absolute atomic E-state index is 0.0255. The van der Waals surface area contributed by atoms with Crippen molar-refractivity contribution in [1.82, 2.24) is 0 Å². The van der Waals surface area contributed by atoms with Crippen LogP contribution in [-0.2, 0) is 4.79 Å². The molecule has 0 aromatic carbocycles. The topological polar surface area (TPSA) is 69.1 Å². The second kappa shape index (κ2) is 2.08. The lowest BCUT2D eigenvalue weighted by molar-refractivity contribution is -0.122. The van der Waals surface area contributed by atoms with Crippen molar-refractivity contribution >= 4 is 5.91 Å². The smallest absolute Gasteiger partial charge is 0.222 e. The van der Waals surface area contributed by atoms with Crippen molar-refractivity contribution in [2.45, 2.75) is 12.5 Å². The molecular formula is C8H12N2O. The fourth-order valence-electron chi connectivity index (χ4n) is 2.26. The number of carbonyl (C=O) groups is 1. The van der Waals surface area contributed by atoms with Gasteiger partial charge in [0.2, 0.25) is 5.91 Å². The molecule has 4 atom stereocenters. The van der Waals surface area contributed by atoms with Crippen molar-refractivity contribution in [2.75, 3.05) is 0 Å². The molecule has 1 fully saturated rings. The molecule has 2 aliphatic carbocycles. The van der Waals surface area contributed by atoms with Crippen LogP contribution in [0.15, 0.2) is 12.2 Å². The van der Waals surface area contributed by atoms with Crippen LogP contribution >= 0.6 is 0 Å². The molecule has 0 radical (unpaired) electrons. The lowest BCUT2D eigenvalue weighted by atomic mass is 9.89. The number of hydrogen-bond donors (Lipinski definition) is 2. The lowest BCUT2D eigenvalue weighted by Gasteiger charge is -2.20. The monoisotopic (exact) mass is 152 g/mol. The first-order valence-corrected chi connectivity index (χ1v) is 3.93. The summed E-state index contributed by atoms with van der Waals surface area (Å²) in [5.74, 6) is 0.379. The summed E-state index contributed by atoms with van der Waals surface area (Å²) in [6.07, 6.45) is 5.20. The maximum atomic E-state index is 10.9. The van der Waals surface area contributed by atoms with E-state index < -0.39 is 0 Å². The fourth-order valence-corrected chi connectivity index (χ4v) is 2.26. The van der Waals surface area contributed by atoms with Gasteiger partial charge in [-0.25, -0.2) is 0 Å². The van der Waals surface area contributed by atoms with Gasteiger partial charge in [-0.1, -0.05) is 12.2 Å². The number of rotatable bonds is 1. The van der Waals surface area contributed by atoms with E-state index in [9.17, 15) is 4.79 Å². The Kier molecular flexibility index (Phi) is 1.29. The van der Waals surface area contributed by atoms with Crippen molar-refractivity contribution < 1.29 is 4.79 Å². The van der Waals surface area contributed by atoms with Crippen molar-refractivity contribution in [3.05, 3.63) is 12.2 Å². The summed E-state index contributed by atoms with van der Waals surface area (Å²) in [5.41, 5.74) is 11.0. The molecule has 0 aliphatic heterocycles. The average molecular weight is 152 g/mol. The van der Waals surface area contributed by atoms with Crippen LogP contribution in [0.25, 0.3) is 0 Å². The maximum absolute atomic E-state index is 10.9. The first kappa shape index (κ1) is 6.85. The van der Waals surface area contributed by atoms with Gasteiger partial charge in [0.25, 0.3) is 0 Å². The van der Waals surface area contributed by atoms with Gasteiger partial charge in [-0.2, -0.15) is 0 Å². The molecule has 0 aromatic heterocycles. The molecule has 2 rings (SSSR count). The molecule has 2 aliphatic rings. The largest absolute Gasteiger partial charge is 0.369 e. The van der Waals surface area contributed by atoms with Crippen molar-refractivity contribution in [3.8, 4) is 0 Å². The van der Waals surface area contributed by atoms with Gasteiger partial charge in [-0.3, -0.25) is 4.79 Å². The SMILES string of the molecule is NC(=O)[C@@H]1[C@H](N)[C@H]2C=C[C@@H]1C2. The van der Waals surface area contributed by atoms with Crippen LogP contribution < -0.4 is 11.5 Å². The van der Waals surface area contributed by atoms with Crippen LogP contribution in [0.1, 0.15) is 6.42 Å². The quantitative estimate of drug-likeness (QED) is 0.503. The Morgan fingerprint density at radius 3 is 2.36 bits per heavy atom. The van der Waals surface area contributed by atoms with Gasteiger partial charge in [0.15, 0.2) is 0 Å². The minimum atomic E-state index is -0.241. The number of primary amides is 1. The van der Waals surface area contributed by atoms with E-state index in [-0.39, 0.29) is 17.9 Å². The Morgan fingerprint density at radius 1 is 1.36 bits per heavy atom. The molecule has 11 heavy (non-hydrogen) atoms.